The number of nitrogens with two attached hydrogens (primary N) is 1. The summed E-state index contributed by atoms with van der Waals surface area (Å²) in [6, 6.07) is 6.36. The molecule has 1 aromatic carbocycles. The first-order chi connectivity index (χ1) is 11.3. The van der Waals surface area contributed by atoms with Crippen LogP contribution in [0.3, 0.4) is 0 Å². The van der Waals surface area contributed by atoms with E-state index < -0.39 is 17.6 Å². The Morgan fingerprint density at radius 3 is 2.67 bits per heavy atom. The van der Waals surface area contributed by atoms with Crippen LogP contribution in [0.2, 0.25) is 0 Å². The van der Waals surface area contributed by atoms with Gasteiger partial charge in [0.25, 0.3) is 0 Å². The molecule has 0 radical (unpaired) electrons. The van der Waals surface area contributed by atoms with Gasteiger partial charge in [-0.2, -0.15) is 13.2 Å². The van der Waals surface area contributed by atoms with Crippen molar-refractivity contribution in [2.45, 2.75) is 12.6 Å². The lowest BCUT2D eigenvalue weighted by Crippen LogP contribution is -2.35. The van der Waals surface area contributed by atoms with E-state index in [9.17, 15) is 22.8 Å². The topological polar surface area (TPSA) is 76.3 Å². The molecule has 1 aliphatic heterocycles. The van der Waals surface area contributed by atoms with Gasteiger partial charge in [0.05, 0.1) is 23.4 Å². The number of halogens is 3. The van der Waals surface area contributed by atoms with Crippen LogP contribution in [0, 0.1) is 0 Å². The third-order valence-corrected chi connectivity index (χ3v) is 3.70. The average Bonchev–Trinajstić information content (AvgIpc) is 2.81. The lowest BCUT2D eigenvalue weighted by molar-refractivity contribution is -0.137. The minimum absolute atomic E-state index is 0.0332. The van der Waals surface area contributed by atoms with Crippen LogP contribution >= 0.6 is 0 Å². The highest BCUT2D eigenvalue weighted by Gasteiger charge is 2.32. The smallest absolute Gasteiger partial charge is 0.368 e. The minimum atomic E-state index is -4.45. The third-order valence-electron chi connectivity index (χ3n) is 3.70. The summed E-state index contributed by atoms with van der Waals surface area (Å²) in [7, 11) is 0. The van der Waals surface area contributed by atoms with Gasteiger partial charge in [-0.25, -0.2) is 0 Å². The lowest BCUT2D eigenvalue weighted by Gasteiger charge is -2.16. The van der Waals surface area contributed by atoms with Crippen molar-refractivity contribution in [3.63, 3.8) is 0 Å². The summed E-state index contributed by atoms with van der Waals surface area (Å²) in [6.45, 7) is -0.292. The van der Waals surface area contributed by atoms with Gasteiger partial charge < -0.3 is 10.6 Å². The Kier molecular flexibility index (Phi) is 3.75. The van der Waals surface area contributed by atoms with Gasteiger partial charge in [0.1, 0.15) is 6.54 Å². The number of hydrogen-bond donors (Lipinski definition) is 1. The zero-order valence-electron chi connectivity index (χ0n) is 12.3. The molecule has 2 heterocycles. The fraction of sp³-hybridized carbons (Fsp3) is 0.188. The Hall–Kier alpha value is -2.90. The first-order valence-electron chi connectivity index (χ1n) is 7.01. The van der Waals surface area contributed by atoms with Crippen molar-refractivity contribution in [1.29, 1.82) is 0 Å². The molecule has 0 spiro atoms. The molecule has 24 heavy (non-hydrogen) atoms. The second kappa shape index (κ2) is 5.63. The zero-order chi connectivity index (χ0) is 17.5. The first-order valence-corrected chi connectivity index (χ1v) is 7.01. The van der Waals surface area contributed by atoms with Crippen molar-refractivity contribution >= 4 is 17.5 Å². The summed E-state index contributed by atoms with van der Waals surface area (Å²) in [5.74, 6) is -1.00. The SMILES string of the molecule is NC(=O)CN1C(=O)Cc2ncc(-c3cccc(C(F)(F)F)c3)cc21. The van der Waals surface area contributed by atoms with Gasteiger partial charge in [-0.05, 0) is 23.8 Å². The van der Waals surface area contributed by atoms with E-state index in [1.54, 1.807) is 6.07 Å². The van der Waals surface area contributed by atoms with Crippen molar-refractivity contribution < 1.29 is 22.8 Å². The maximum Gasteiger partial charge on any atom is 0.416 e. The zero-order valence-corrected chi connectivity index (χ0v) is 12.3. The maximum absolute atomic E-state index is 12.8. The number of benzene rings is 1. The Morgan fingerprint density at radius 2 is 2.00 bits per heavy atom. The van der Waals surface area contributed by atoms with Gasteiger partial charge in [0, 0.05) is 11.8 Å². The van der Waals surface area contributed by atoms with Crippen LogP contribution in [0.5, 0.6) is 0 Å². The molecule has 1 aliphatic rings. The van der Waals surface area contributed by atoms with Crippen molar-refractivity contribution in [2.75, 3.05) is 11.4 Å². The van der Waals surface area contributed by atoms with Gasteiger partial charge >= 0.3 is 6.18 Å². The van der Waals surface area contributed by atoms with E-state index in [0.717, 1.165) is 12.1 Å². The van der Waals surface area contributed by atoms with E-state index in [2.05, 4.69) is 4.98 Å². The molecular weight excluding hydrogens is 323 g/mol. The molecule has 0 saturated heterocycles. The van der Waals surface area contributed by atoms with E-state index in [1.807, 2.05) is 0 Å². The Balaban J connectivity index is 2.02. The lowest BCUT2D eigenvalue weighted by atomic mass is 10.0. The Bertz CT molecular complexity index is 834. The molecular formula is C16H12F3N3O2. The van der Waals surface area contributed by atoms with Gasteiger partial charge in [0.2, 0.25) is 11.8 Å². The van der Waals surface area contributed by atoms with E-state index in [0.29, 0.717) is 22.5 Å². The molecule has 2 amide bonds. The van der Waals surface area contributed by atoms with Gasteiger partial charge in [-0.3, -0.25) is 14.6 Å². The minimum Gasteiger partial charge on any atom is -0.368 e. The number of pyridine rings is 1. The second-order valence-electron chi connectivity index (χ2n) is 5.39. The van der Waals surface area contributed by atoms with Gasteiger partial charge in [-0.1, -0.05) is 12.1 Å². The molecule has 2 aromatic rings. The predicted molar refractivity (Wildman–Crippen MR) is 79.9 cm³/mol. The highest BCUT2D eigenvalue weighted by molar-refractivity contribution is 6.04. The first kappa shape index (κ1) is 16.0. The summed E-state index contributed by atoms with van der Waals surface area (Å²) < 4.78 is 38.5. The molecule has 3 rings (SSSR count). The molecule has 0 saturated carbocycles. The van der Waals surface area contributed by atoms with E-state index >= 15 is 0 Å². The number of nitrogens with zero attached hydrogens (tertiary/aromatic N) is 2. The molecule has 2 N–H and O–H groups in total. The molecule has 8 heteroatoms. The summed E-state index contributed by atoms with van der Waals surface area (Å²) in [5, 5.41) is 0. The molecule has 124 valence electrons. The summed E-state index contributed by atoms with van der Waals surface area (Å²) in [4.78, 5) is 28.4. The van der Waals surface area contributed by atoms with Crippen LogP contribution in [-0.4, -0.2) is 23.3 Å². The van der Waals surface area contributed by atoms with E-state index in [4.69, 9.17) is 5.73 Å². The van der Waals surface area contributed by atoms with Gasteiger partial charge in [0.15, 0.2) is 0 Å². The highest BCUT2D eigenvalue weighted by atomic mass is 19.4. The molecule has 1 aromatic heterocycles. The number of fused-ring (bicyclic) bond motifs is 1. The molecule has 0 atom stereocenters. The number of alkyl halides is 3. The normalized spacial score (nSPS) is 14.0. The maximum atomic E-state index is 12.8. The van der Waals surface area contributed by atoms with E-state index in [-0.39, 0.29) is 18.9 Å². The van der Waals surface area contributed by atoms with Gasteiger partial charge in [-0.15, -0.1) is 0 Å². The van der Waals surface area contributed by atoms with Crippen LogP contribution in [-0.2, 0) is 22.2 Å². The van der Waals surface area contributed by atoms with Crippen LogP contribution in [0.25, 0.3) is 11.1 Å². The number of aromatic nitrogens is 1. The third kappa shape index (κ3) is 2.94. The summed E-state index contributed by atoms with van der Waals surface area (Å²) in [5.41, 5.74) is 5.96. The average molecular weight is 335 g/mol. The number of anilines is 1. The van der Waals surface area contributed by atoms with Crippen LogP contribution in [0.4, 0.5) is 18.9 Å². The fourth-order valence-electron chi connectivity index (χ4n) is 2.59. The van der Waals surface area contributed by atoms with Crippen LogP contribution in [0.15, 0.2) is 36.5 Å². The number of primary amides is 1. The van der Waals surface area contributed by atoms with Crippen molar-refractivity contribution in [3.05, 3.63) is 47.8 Å². The Labute approximate surface area is 134 Å². The van der Waals surface area contributed by atoms with Crippen molar-refractivity contribution in [2.24, 2.45) is 5.73 Å². The largest absolute Gasteiger partial charge is 0.416 e. The van der Waals surface area contributed by atoms with Crippen LogP contribution in [0.1, 0.15) is 11.3 Å². The monoisotopic (exact) mass is 335 g/mol. The van der Waals surface area contributed by atoms with Crippen molar-refractivity contribution in [3.8, 4) is 11.1 Å². The molecule has 0 unspecified atom stereocenters. The quantitative estimate of drug-likeness (QED) is 0.934. The van der Waals surface area contributed by atoms with Crippen LogP contribution < -0.4 is 10.6 Å². The summed E-state index contributed by atoms with van der Waals surface area (Å²) in [6.07, 6.45) is -3.00. The number of hydrogen-bond acceptors (Lipinski definition) is 3. The molecule has 0 aliphatic carbocycles. The Morgan fingerprint density at radius 1 is 1.25 bits per heavy atom. The van der Waals surface area contributed by atoms with E-state index in [1.165, 1.54) is 23.2 Å². The fourth-order valence-corrected chi connectivity index (χ4v) is 2.59. The number of amides is 2. The standard InChI is InChI=1S/C16H12F3N3O2/c17-16(18,19)11-3-1-2-9(4-11)10-5-13-12(21-7-10)6-15(24)22(13)8-14(20)23/h1-5,7H,6,8H2,(H2,20,23). The molecule has 0 bridgehead atoms. The highest BCUT2D eigenvalue weighted by Crippen LogP contribution is 2.35. The number of carbonyl (C=O) groups is 2. The molecule has 0 fully saturated rings. The number of rotatable bonds is 3. The molecule has 5 nitrogen and oxygen atoms in total. The van der Waals surface area contributed by atoms with Crippen molar-refractivity contribution in [1.82, 2.24) is 4.98 Å². The second-order valence-corrected chi connectivity index (χ2v) is 5.39. The predicted octanol–water partition coefficient (Wildman–Crippen LogP) is 2.14. The summed E-state index contributed by atoms with van der Waals surface area (Å²) >= 11 is 0. The number of carbonyl (C=O) groups excluding carboxylic acids is 2.